The predicted molar refractivity (Wildman–Crippen MR) is 98.4 cm³/mol. The van der Waals surface area contributed by atoms with Crippen molar-refractivity contribution in [3.05, 3.63) is 41.6 Å². The summed E-state index contributed by atoms with van der Waals surface area (Å²) in [5, 5.41) is 1.12. The van der Waals surface area contributed by atoms with Gasteiger partial charge in [-0.2, -0.15) is 0 Å². The molecule has 22 heavy (non-hydrogen) atoms. The summed E-state index contributed by atoms with van der Waals surface area (Å²) in [6.07, 6.45) is 0. The molecule has 0 unspecified atom stereocenters. The number of hydrogen-bond acceptors (Lipinski definition) is 3. The van der Waals surface area contributed by atoms with Gasteiger partial charge in [0.15, 0.2) is 0 Å². The van der Waals surface area contributed by atoms with Crippen LogP contribution in [0, 0.1) is 0 Å². The highest BCUT2D eigenvalue weighted by Gasteiger charge is 2.46. The minimum atomic E-state index is -2.88. The Hall–Kier alpha value is -0.726. The summed E-state index contributed by atoms with van der Waals surface area (Å²) >= 11 is 0. The highest BCUT2D eigenvalue weighted by atomic mass is 28.4. The van der Waals surface area contributed by atoms with Crippen LogP contribution in [-0.4, -0.2) is 36.7 Å². The summed E-state index contributed by atoms with van der Waals surface area (Å²) in [5.41, 5.74) is 3.52. The Morgan fingerprint density at radius 1 is 0.864 bits per heavy atom. The second-order valence-electron chi connectivity index (χ2n) is 6.15. The van der Waals surface area contributed by atoms with Crippen LogP contribution in [0.4, 0.5) is 0 Å². The fraction of sp³-hybridized carbons (Fsp3) is 0.529. The van der Waals surface area contributed by atoms with E-state index in [2.05, 4.69) is 49.6 Å². The molecule has 0 fully saturated rings. The molecule has 0 atom stereocenters. The van der Waals surface area contributed by atoms with Gasteiger partial charge in [0, 0.05) is 25.0 Å². The summed E-state index contributed by atoms with van der Waals surface area (Å²) in [6.45, 7) is 14.7. The molecule has 0 amide bonds. The van der Waals surface area contributed by atoms with Gasteiger partial charge >= 0.3 is 8.80 Å². The Morgan fingerprint density at radius 3 is 1.68 bits per heavy atom. The Labute approximate surface area is 137 Å². The van der Waals surface area contributed by atoms with Crippen molar-refractivity contribution in [2.75, 3.05) is 19.8 Å². The molecule has 0 saturated heterocycles. The average molecular weight is 339 g/mol. The molecule has 0 bridgehead atoms. The average Bonchev–Trinajstić information content (AvgIpc) is 2.45. The van der Waals surface area contributed by atoms with Gasteiger partial charge in [-0.05, 0) is 26.3 Å². The van der Waals surface area contributed by atoms with Crippen LogP contribution >= 0.6 is 0 Å². The van der Waals surface area contributed by atoms with E-state index in [1.165, 1.54) is 0 Å². The van der Waals surface area contributed by atoms with Crippen LogP contribution in [0.15, 0.2) is 36.0 Å². The largest absolute Gasteiger partial charge is 0.537 e. The van der Waals surface area contributed by atoms with Crippen LogP contribution < -0.4 is 0 Å². The first-order valence-corrected chi connectivity index (χ1v) is 13.4. The van der Waals surface area contributed by atoms with Crippen LogP contribution in [0.3, 0.4) is 0 Å². The normalized spacial score (nSPS) is 13.5. The first-order valence-electron chi connectivity index (χ1n) is 8.09. The van der Waals surface area contributed by atoms with Crippen molar-refractivity contribution in [3.63, 3.8) is 0 Å². The fourth-order valence-corrected chi connectivity index (χ4v) is 7.74. The van der Waals surface area contributed by atoms with Gasteiger partial charge in [0.05, 0.1) is 8.07 Å². The molecule has 0 aliphatic heterocycles. The van der Waals surface area contributed by atoms with E-state index in [9.17, 15) is 0 Å². The van der Waals surface area contributed by atoms with Gasteiger partial charge in [0.25, 0.3) is 0 Å². The lowest BCUT2D eigenvalue weighted by Crippen LogP contribution is -2.48. The van der Waals surface area contributed by atoms with Crippen molar-refractivity contribution in [3.8, 4) is 0 Å². The fourth-order valence-electron chi connectivity index (χ4n) is 2.33. The highest BCUT2D eigenvalue weighted by Crippen LogP contribution is 2.31. The molecule has 124 valence electrons. The monoisotopic (exact) mass is 338 g/mol. The highest BCUT2D eigenvalue weighted by molar-refractivity contribution is 6.89. The third-order valence-electron chi connectivity index (χ3n) is 3.00. The van der Waals surface area contributed by atoms with Gasteiger partial charge in [-0.1, -0.05) is 55.7 Å². The van der Waals surface area contributed by atoms with Crippen LogP contribution in [0.1, 0.15) is 26.3 Å². The smallest absolute Gasteiger partial charge is 0.370 e. The maximum absolute atomic E-state index is 6.12. The summed E-state index contributed by atoms with van der Waals surface area (Å²) in [7, 11) is -4.35. The van der Waals surface area contributed by atoms with Gasteiger partial charge in [-0.3, -0.25) is 0 Å². The summed E-state index contributed by atoms with van der Waals surface area (Å²) in [4.78, 5) is 0. The Kier molecular flexibility index (Phi) is 7.72. The zero-order chi connectivity index (χ0) is 16.6. The van der Waals surface area contributed by atoms with Gasteiger partial charge in [-0.25, -0.2) is 0 Å². The molecule has 0 aromatic heterocycles. The zero-order valence-corrected chi connectivity index (χ0v) is 16.8. The second kappa shape index (κ2) is 8.79. The molecule has 3 nitrogen and oxygen atoms in total. The molecule has 1 rings (SSSR count). The van der Waals surface area contributed by atoms with E-state index in [1.807, 2.05) is 26.8 Å². The molecule has 1 aromatic rings. The second-order valence-corrected chi connectivity index (χ2v) is 13.7. The van der Waals surface area contributed by atoms with E-state index in [0.717, 1.165) is 10.8 Å². The molecule has 0 radical (unpaired) electrons. The molecule has 0 heterocycles. The van der Waals surface area contributed by atoms with Crippen molar-refractivity contribution in [2.45, 2.75) is 40.4 Å². The predicted octanol–water partition coefficient (Wildman–Crippen LogP) is 4.54. The van der Waals surface area contributed by atoms with Gasteiger partial charge in [0.1, 0.15) is 0 Å². The lowest BCUT2D eigenvalue weighted by Gasteiger charge is -2.32. The van der Waals surface area contributed by atoms with Gasteiger partial charge in [0.2, 0.25) is 0 Å². The number of rotatable bonds is 9. The summed E-state index contributed by atoms with van der Waals surface area (Å²) in [6, 6.07) is 10.4. The molecule has 1 aromatic carbocycles. The third kappa shape index (κ3) is 5.48. The molecule has 5 heteroatoms. The SMILES string of the molecule is CCO[Si](OCC)(OCC)C(=C[Si](C)(C)C)c1ccccc1. The van der Waals surface area contributed by atoms with Gasteiger partial charge in [-0.15, -0.1) is 0 Å². The molecule has 0 saturated carbocycles. The van der Waals surface area contributed by atoms with Crippen molar-refractivity contribution in [1.29, 1.82) is 0 Å². The third-order valence-corrected chi connectivity index (χ3v) is 7.54. The van der Waals surface area contributed by atoms with E-state index < -0.39 is 16.9 Å². The van der Waals surface area contributed by atoms with Gasteiger partial charge < -0.3 is 13.3 Å². The van der Waals surface area contributed by atoms with E-state index in [0.29, 0.717) is 19.8 Å². The molecule has 0 aliphatic rings. The maximum Gasteiger partial charge on any atom is 0.537 e. The molecular weight excluding hydrogens is 308 g/mol. The van der Waals surface area contributed by atoms with E-state index >= 15 is 0 Å². The van der Waals surface area contributed by atoms with E-state index in [4.69, 9.17) is 13.3 Å². The molecular formula is C17H30O3Si2. The Bertz CT molecular complexity index is 450. The summed E-state index contributed by atoms with van der Waals surface area (Å²) in [5.74, 6) is 0. The lowest BCUT2D eigenvalue weighted by molar-refractivity contribution is 0.0871. The lowest BCUT2D eigenvalue weighted by atomic mass is 10.2. The van der Waals surface area contributed by atoms with Crippen molar-refractivity contribution in [1.82, 2.24) is 0 Å². The quantitative estimate of drug-likeness (QED) is 0.619. The van der Waals surface area contributed by atoms with E-state index in [1.54, 1.807) is 0 Å². The minimum Gasteiger partial charge on any atom is -0.370 e. The molecule has 0 N–H and O–H groups in total. The van der Waals surface area contributed by atoms with Crippen LogP contribution in [0.2, 0.25) is 19.6 Å². The zero-order valence-electron chi connectivity index (χ0n) is 14.8. The molecule has 0 aliphatic carbocycles. The van der Waals surface area contributed by atoms with Crippen LogP contribution in [0.25, 0.3) is 5.20 Å². The number of benzene rings is 1. The van der Waals surface area contributed by atoms with Crippen molar-refractivity contribution < 1.29 is 13.3 Å². The van der Waals surface area contributed by atoms with Crippen LogP contribution in [0.5, 0.6) is 0 Å². The first kappa shape index (κ1) is 19.3. The number of hydrogen-bond donors (Lipinski definition) is 0. The maximum atomic E-state index is 6.12. The van der Waals surface area contributed by atoms with Crippen molar-refractivity contribution >= 4 is 22.1 Å². The first-order chi connectivity index (χ1) is 10.4. The Balaban J connectivity index is 3.46. The topological polar surface area (TPSA) is 27.7 Å². The molecule has 0 spiro atoms. The minimum absolute atomic E-state index is 0.585. The standard InChI is InChI=1S/C17H30O3Si2/c1-7-18-22(19-8-2,20-9-3)17(15-21(4,5)6)16-13-11-10-12-14-16/h10-15H,7-9H2,1-6H3. The Morgan fingerprint density at radius 2 is 1.32 bits per heavy atom. The van der Waals surface area contributed by atoms with Crippen LogP contribution in [-0.2, 0) is 13.3 Å². The van der Waals surface area contributed by atoms with Crippen molar-refractivity contribution in [2.24, 2.45) is 0 Å². The van der Waals surface area contributed by atoms with E-state index in [-0.39, 0.29) is 0 Å². The summed E-state index contributed by atoms with van der Waals surface area (Å²) < 4.78 is 18.4.